The lowest BCUT2D eigenvalue weighted by Crippen LogP contribution is -2.17. The zero-order valence-electron chi connectivity index (χ0n) is 12.8. The molecule has 0 saturated heterocycles. The zero-order valence-corrected chi connectivity index (χ0v) is 12.8. The highest BCUT2D eigenvalue weighted by Gasteiger charge is 2.23. The van der Waals surface area contributed by atoms with E-state index < -0.39 is 0 Å². The average molecular weight is 302 g/mol. The lowest BCUT2D eigenvalue weighted by atomic mass is 10.0. The minimum absolute atomic E-state index is 0.0854. The van der Waals surface area contributed by atoms with Crippen molar-refractivity contribution < 1.29 is 18.8 Å². The molecular weight excluding hydrogens is 284 g/mol. The lowest BCUT2D eigenvalue weighted by Gasteiger charge is -2.19. The van der Waals surface area contributed by atoms with E-state index in [0.717, 1.165) is 0 Å². The zero-order chi connectivity index (χ0) is 15.7. The first kappa shape index (κ1) is 14.4. The summed E-state index contributed by atoms with van der Waals surface area (Å²) in [6.45, 7) is 6.72. The second-order valence-corrected chi connectivity index (χ2v) is 5.47. The Labute approximate surface area is 128 Å². The lowest BCUT2D eigenvalue weighted by molar-refractivity contribution is 0.102. The maximum atomic E-state index is 12.5. The molecule has 0 bridgehead atoms. The van der Waals surface area contributed by atoms with Crippen LogP contribution in [0, 0.1) is 6.92 Å². The first-order valence-corrected chi connectivity index (χ1v) is 7.23. The van der Waals surface area contributed by atoms with Gasteiger partial charge in [-0.2, -0.15) is 0 Å². The summed E-state index contributed by atoms with van der Waals surface area (Å²) in [6, 6.07) is 5.32. The highest BCUT2D eigenvalue weighted by Crippen LogP contribution is 2.33. The third kappa shape index (κ3) is 2.64. The normalized spacial score (nSPS) is 13.3. The Morgan fingerprint density at radius 1 is 1.23 bits per heavy atom. The van der Waals surface area contributed by atoms with E-state index in [2.05, 4.69) is 10.5 Å². The summed E-state index contributed by atoms with van der Waals surface area (Å²) < 4.78 is 16.2. The fourth-order valence-corrected chi connectivity index (χ4v) is 2.37. The maximum Gasteiger partial charge on any atom is 0.261 e. The van der Waals surface area contributed by atoms with E-state index in [4.69, 9.17) is 14.0 Å². The Kier molecular flexibility index (Phi) is 3.75. The number of aryl methyl sites for hydroxylation is 1. The molecule has 1 N–H and O–H groups in total. The second kappa shape index (κ2) is 5.71. The fraction of sp³-hybridized carbons (Fsp3) is 0.375. The molecule has 2 aromatic rings. The molecular formula is C16H18N2O4. The smallest absolute Gasteiger partial charge is 0.261 e. The summed E-state index contributed by atoms with van der Waals surface area (Å²) in [4.78, 5) is 12.5. The molecule has 116 valence electrons. The number of carbonyl (C=O) groups is 1. The van der Waals surface area contributed by atoms with Crippen molar-refractivity contribution >= 4 is 11.6 Å². The van der Waals surface area contributed by atoms with Crippen LogP contribution in [-0.4, -0.2) is 24.3 Å². The predicted octanol–water partition coefficient (Wildman–Crippen LogP) is 3.13. The van der Waals surface area contributed by atoms with Gasteiger partial charge in [0, 0.05) is 17.7 Å². The van der Waals surface area contributed by atoms with Crippen molar-refractivity contribution in [1.82, 2.24) is 5.16 Å². The SMILES string of the molecule is Cc1noc(C(C)C)c1C(=O)Nc1ccc2c(c1)OCCO2. The van der Waals surface area contributed by atoms with Crippen molar-refractivity contribution in [2.24, 2.45) is 0 Å². The molecule has 2 heterocycles. The molecule has 1 amide bonds. The van der Waals surface area contributed by atoms with Gasteiger partial charge in [0.25, 0.3) is 5.91 Å². The molecule has 3 rings (SSSR count). The molecule has 0 fully saturated rings. The molecule has 1 aliphatic rings. The summed E-state index contributed by atoms with van der Waals surface area (Å²) in [5.74, 6) is 1.76. The molecule has 0 aliphatic carbocycles. The molecule has 0 atom stereocenters. The Bertz CT molecular complexity index is 706. The number of carbonyl (C=O) groups excluding carboxylic acids is 1. The molecule has 6 heteroatoms. The van der Waals surface area contributed by atoms with Gasteiger partial charge in [0.15, 0.2) is 17.3 Å². The number of hydrogen-bond acceptors (Lipinski definition) is 5. The van der Waals surface area contributed by atoms with Crippen LogP contribution in [0.4, 0.5) is 5.69 Å². The molecule has 22 heavy (non-hydrogen) atoms. The van der Waals surface area contributed by atoms with Gasteiger partial charge in [-0.3, -0.25) is 4.79 Å². The third-order valence-electron chi connectivity index (χ3n) is 3.44. The number of ether oxygens (including phenoxy) is 2. The van der Waals surface area contributed by atoms with Gasteiger partial charge in [-0.25, -0.2) is 0 Å². The van der Waals surface area contributed by atoms with Crippen LogP contribution in [0.1, 0.15) is 41.6 Å². The van der Waals surface area contributed by atoms with Crippen molar-refractivity contribution in [2.75, 3.05) is 18.5 Å². The number of rotatable bonds is 3. The number of amides is 1. The van der Waals surface area contributed by atoms with Crippen molar-refractivity contribution in [1.29, 1.82) is 0 Å². The van der Waals surface area contributed by atoms with E-state index in [0.29, 0.717) is 47.4 Å². The van der Waals surface area contributed by atoms with Crippen LogP contribution in [0.15, 0.2) is 22.7 Å². The highest BCUT2D eigenvalue weighted by molar-refractivity contribution is 6.05. The number of fused-ring (bicyclic) bond motifs is 1. The Hall–Kier alpha value is -2.50. The molecule has 0 spiro atoms. The summed E-state index contributed by atoms with van der Waals surface area (Å²) in [7, 11) is 0. The fourth-order valence-electron chi connectivity index (χ4n) is 2.37. The quantitative estimate of drug-likeness (QED) is 0.943. The first-order valence-electron chi connectivity index (χ1n) is 7.23. The van der Waals surface area contributed by atoms with Crippen LogP contribution in [0.3, 0.4) is 0 Å². The number of aromatic nitrogens is 1. The predicted molar refractivity (Wildman–Crippen MR) is 80.7 cm³/mol. The first-order chi connectivity index (χ1) is 10.6. The van der Waals surface area contributed by atoms with E-state index in [-0.39, 0.29) is 11.8 Å². The molecule has 1 aliphatic heterocycles. The van der Waals surface area contributed by atoms with Crippen LogP contribution in [0.2, 0.25) is 0 Å². The van der Waals surface area contributed by atoms with Gasteiger partial charge in [0.2, 0.25) is 0 Å². The van der Waals surface area contributed by atoms with Gasteiger partial charge in [-0.15, -0.1) is 0 Å². The van der Waals surface area contributed by atoms with Gasteiger partial charge in [-0.05, 0) is 19.1 Å². The molecule has 0 saturated carbocycles. The molecule has 0 unspecified atom stereocenters. The molecule has 6 nitrogen and oxygen atoms in total. The van der Waals surface area contributed by atoms with Gasteiger partial charge < -0.3 is 19.3 Å². The van der Waals surface area contributed by atoms with E-state index >= 15 is 0 Å². The third-order valence-corrected chi connectivity index (χ3v) is 3.44. The van der Waals surface area contributed by atoms with Crippen LogP contribution < -0.4 is 14.8 Å². The minimum Gasteiger partial charge on any atom is -0.486 e. The molecule has 1 aromatic heterocycles. The summed E-state index contributed by atoms with van der Waals surface area (Å²) >= 11 is 0. The van der Waals surface area contributed by atoms with Gasteiger partial charge in [0.05, 0.1) is 5.69 Å². The Balaban J connectivity index is 1.84. The van der Waals surface area contributed by atoms with E-state index in [1.807, 2.05) is 13.8 Å². The summed E-state index contributed by atoms with van der Waals surface area (Å²) in [5, 5.41) is 6.75. The largest absolute Gasteiger partial charge is 0.486 e. The van der Waals surface area contributed by atoms with Crippen molar-refractivity contribution in [3.63, 3.8) is 0 Å². The molecule has 1 aromatic carbocycles. The Morgan fingerprint density at radius 2 is 1.95 bits per heavy atom. The highest BCUT2D eigenvalue weighted by atomic mass is 16.6. The number of benzene rings is 1. The van der Waals surface area contributed by atoms with Gasteiger partial charge in [0.1, 0.15) is 18.8 Å². The number of nitrogens with zero attached hydrogens (tertiary/aromatic N) is 1. The van der Waals surface area contributed by atoms with Gasteiger partial charge in [-0.1, -0.05) is 19.0 Å². The topological polar surface area (TPSA) is 73.6 Å². The Morgan fingerprint density at radius 3 is 2.68 bits per heavy atom. The van der Waals surface area contributed by atoms with Gasteiger partial charge >= 0.3 is 0 Å². The van der Waals surface area contributed by atoms with Crippen LogP contribution in [-0.2, 0) is 0 Å². The van der Waals surface area contributed by atoms with Crippen LogP contribution >= 0.6 is 0 Å². The number of nitrogens with one attached hydrogen (secondary N) is 1. The number of hydrogen-bond donors (Lipinski definition) is 1. The number of anilines is 1. The average Bonchev–Trinajstić information content (AvgIpc) is 2.89. The summed E-state index contributed by atoms with van der Waals surface area (Å²) in [6.07, 6.45) is 0. The maximum absolute atomic E-state index is 12.5. The van der Waals surface area contributed by atoms with Crippen molar-refractivity contribution in [3.8, 4) is 11.5 Å². The monoisotopic (exact) mass is 302 g/mol. The molecule has 0 radical (unpaired) electrons. The van der Waals surface area contributed by atoms with Crippen LogP contribution in [0.25, 0.3) is 0 Å². The van der Waals surface area contributed by atoms with Crippen LogP contribution in [0.5, 0.6) is 11.5 Å². The van der Waals surface area contributed by atoms with E-state index in [1.54, 1.807) is 25.1 Å². The van der Waals surface area contributed by atoms with Crippen molar-refractivity contribution in [2.45, 2.75) is 26.7 Å². The minimum atomic E-state index is -0.237. The summed E-state index contributed by atoms with van der Waals surface area (Å²) in [5.41, 5.74) is 1.72. The standard InChI is InChI=1S/C16H18N2O4/c1-9(2)15-14(10(3)18-22-15)16(19)17-11-4-5-12-13(8-11)21-7-6-20-12/h4-5,8-9H,6-7H2,1-3H3,(H,17,19). The van der Waals surface area contributed by atoms with E-state index in [1.165, 1.54) is 0 Å². The van der Waals surface area contributed by atoms with Crippen molar-refractivity contribution in [3.05, 3.63) is 35.2 Å². The van der Waals surface area contributed by atoms with E-state index in [9.17, 15) is 4.79 Å². The second-order valence-electron chi connectivity index (χ2n) is 5.47.